The Kier molecular flexibility index (Phi) is 8.60. The van der Waals surface area contributed by atoms with E-state index in [4.69, 9.17) is 4.74 Å². The molecular weight excluding hydrogens is 414 g/mol. The molecule has 7 nitrogen and oxygen atoms in total. The number of esters is 1. The van der Waals surface area contributed by atoms with Gasteiger partial charge in [-0.15, -0.1) is 0 Å². The quantitative estimate of drug-likeness (QED) is 0.471. The van der Waals surface area contributed by atoms with Crippen LogP contribution in [0.1, 0.15) is 33.9 Å². The third-order valence-electron chi connectivity index (χ3n) is 5.79. The fourth-order valence-corrected chi connectivity index (χ4v) is 4.49. The fraction of sp³-hybridized carbons (Fsp3) is 0.435. The van der Waals surface area contributed by atoms with Crippen LogP contribution in [0.25, 0.3) is 0 Å². The summed E-state index contributed by atoms with van der Waals surface area (Å²) in [5.41, 5.74) is 2.50. The molecule has 1 atom stereocenters. The van der Waals surface area contributed by atoms with Gasteiger partial charge in [0.25, 0.3) is 0 Å². The first-order chi connectivity index (χ1) is 15.0. The molecular formula is C23H31N3O4S. The van der Waals surface area contributed by atoms with Crippen molar-refractivity contribution in [3.63, 3.8) is 0 Å². The van der Waals surface area contributed by atoms with Crippen LogP contribution in [0.5, 0.6) is 0 Å². The van der Waals surface area contributed by atoms with Gasteiger partial charge < -0.3 is 9.64 Å². The van der Waals surface area contributed by atoms with Crippen molar-refractivity contribution >= 4 is 16.9 Å². The maximum absolute atomic E-state index is 12.0. The smallest absolute Gasteiger partial charge is 0.337 e. The molecule has 2 aromatic carbocycles. The van der Waals surface area contributed by atoms with Crippen LogP contribution in [0.2, 0.25) is 0 Å². The molecule has 3 rings (SSSR count). The van der Waals surface area contributed by atoms with E-state index >= 15 is 0 Å². The monoisotopic (exact) mass is 445 g/mol. The first kappa shape index (κ1) is 23.4. The number of hydrogen-bond acceptors (Lipinski definition) is 6. The highest BCUT2D eigenvalue weighted by molar-refractivity contribution is 7.69. The van der Waals surface area contributed by atoms with Crippen LogP contribution in [0, 0.1) is 0 Å². The van der Waals surface area contributed by atoms with E-state index < -0.39 is 16.9 Å². The van der Waals surface area contributed by atoms with Gasteiger partial charge in [0.15, 0.2) is 0 Å². The van der Waals surface area contributed by atoms with Crippen molar-refractivity contribution in [1.29, 1.82) is 0 Å². The van der Waals surface area contributed by atoms with Gasteiger partial charge in [-0.1, -0.05) is 42.5 Å². The van der Waals surface area contributed by atoms with E-state index in [1.165, 1.54) is 17.0 Å². The number of carbonyl (C=O) groups excluding carboxylic acids is 1. The predicted octanol–water partition coefficient (Wildman–Crippen LogP) is 2.18. The summed E-state index contributed by atoms with van der Waals surface area (Å²) in [5.74, 6) is -0.406. The summed E-state index contributed by atoms with van der Waals surface area (Å²) in [7, 11) is 0.746. The maximum atomic E-state index is 12.0. The van der Waals surface area contributed by atoms with E-state index in [9.17, 15) is 13.2 Å². The first-order valence-electron chi connectivity index (χ1n) is 10.5. The molecule has 0 aromatic heterocycles. The zero-order valence-corrected chi connectivity index (χ0v) is 19.0. The maximum Gasteiger partial charge on any atom is 0.337 e. The Morgan fingerprint density at radius 2 is 1.68 bits per heavy atom. The van der Waals surface area contributed by atoms with E-state index in [1.807, 2.05) is 18.2 Å². The topological polar surface area (TPSA) is 70.2 Å². The van der Waals surface area contributed by atoms with Crippen molar-refractivity contribution in [3.05, 3.63) is 71.3 Å². The lowest BCUT2D eigenvalue weighted by Crippen LogP contribution is -2.46. The van der Waals surface area contributed by atoms with Crippen LogP contribution in [-0.4, -0.2) is 75.4 Å². The second kappa shape index (κ2) is 11.4. The lowest BCUT2D eigenvalue weighted by molar-refractivity contribution is 0.0600. The van der Waals surface area contributed by atoms with Crippen molar-refractivity contribution in [1.82, 2.24) is 14.1 Å². The molecule has 0 spiro atoms. The van der Waals surface area contributed by atoms with E-state index in [1.54, 1.807) is 24.3 Å². The SMILES string of the molecule is COC(=O)c1ccc(CN(CCC(c2ccccc2)N2CCN(C)CC2)[SH](=O)=O)cc1. The summed E-state index contributed by atoms with van der Waals surface area (Å²) in [4.78, 5) is 16.4. The van der Waals surface area contributed by atoms with Gasteiger partial charge in [0.2, 0.25) is 10.9 Å². The fourth-order valence-electron chi connectivity index (χ4n) is 3.93. The third kappa shape index (κ3) is 6.61. The second-order valence-corrected chi connectivity index (χ2v) is 8.91. The molecule has 8 heteroatoms. The first-order valence-corrected chi connectivity index (χ1v) is 11.6. The van der Waals surface area contributed by atoms with Gasteiger partial charge in [0.1, 0.15) is 0 Å². The van der Waals surface area contributed by atoms with Gasteiger partial charge in [-0.2, -0.15) is 4.31 Å². The average molecular weight is 446 g/mol. The van der Waals surface area contributed by atoms with Gasteiger partial charge in [0, 0.05) is 45.3 Å². The molecule has 0 bridgehead atoms. The molecule has 1 saturated heterocycles. The molecule has 1 unspecified atom stereocenters. The number of carbonyl (C=O) groups is 1. The molecule has 2 aromatic rings. The van der Waals surface area contributed by atoms with Crippen molar-refractivity contribution < 1.29 is 17.9 Å². The Morgan fingerprint density at radius 1 is 1.03 bits per heavy atom. The van der Waals surface area contributed by atoms with Gasteiger partial charge in [0.05, 0.1) is 12.7 Å². The predicted molar refractivity (Wildman–Crippen MR) is 121 cm³/mol. The van der Waals surface area contributed by atoms with Crippen molar-refractivity contribution in [2.45, 2.75) is 19.0 Å². The Balaban J connectivity index is 1.69. The molecule has 1 heterocycles. The van der Waals surface area contributed by atoms with Gasteiger partial charge in [-0.05, 0) is 36.7 Å². The van der Waals surface area contributed by atoms with Crippen LogP contribution in [0.15, 0.2) is 54.6 Å². The summed E-state index contributed by atoms with van der Waals surface area (Å²) in [5, 5.41) is 0. The molecule has 168 valence electrons. The van der Waals surface area contributed by atoms with Gasteiger partial charge in [-0.25, -0.2) is 13.2 Å². The number of nitrogens with zero attached hydrogens (tertiary/aromatic N) is 3. The average Bonchev–Trinajstić information content (AvgIpc) is 2.80. The van der Waals surface area contributed by atoms with Crippen LogP contribution >= 0.6 is 0 Å². The van der Waals surface area contributed by atoms with E-state index in [2.05, 4.69) is 29.0 Å². The molecule has 1 aliphatic heterocycles. The number of ether oxygens (including phenoxy) is 1. The molecule has 0 N–H and O–H groups in total. The standard InChI is InChI=1S/C23H31N3O4S/c1-24-14-16-25(17-15-24)22(20-6-4-3-5-7-20)12-13-26(31(28)29)18-19-8-10-21(11-9-19)23(27)30-2/h3-11,22,31H,12-18H2,1-2H3. The molecule has 0 aliphatic carbocycles. The van der Waals surface area contributed by atoms with E-state index in [-0.39, 0.29) is 12.6 Å². The van der Waals surface area contributed by atoms with Crippen LogP contribution in [-0.2, 0) is 22.2 Å². The Morgan fingerprint density at radius 3 is 2.26 bits per heavy atom. The Hall–Kier alpha value is -2.26. The lowest BCUT2D eigenvalue weighted by atomic mass is 10.0. The highest BCUT2D eigenvalue weighted by Crippen LogP contribution is 2.26. The molecule has 1 aliphatic rings. The van der Waals surface area contributed by atoms with E-state index in [0.29, 0.717) is 12.1 Å². The minimum Gasteiger partial charge on any atom is -0.465 e. The highest BCUT2D eigenvalue weighted by atomic mass is 32.2. The molecule has 0 amide bonds. The number of benzene rings is 2. The normalized spacial score (nSPS) is 16.5. The summed E-state index contributed by atoms with van der Waals surface area (Å²) >= 11 is 0. The minimum atomic E-state index is -2.72. The molecule has 31 heavy (non-hydrogen) atoms. The van der Waals surface area contributed by atoms with Crippen molar-refractivity contribution in [2.24, 2.45) is 0 Å². The minimum absolute atomic E-state index is 0.175. The number of thiol groups is 1. The summed E-state index contributed by atoms with van der Waals surface area (Å²) in [6, 6.07) is 17.4. The van der Waals surface area contributed by atoms with Crippen molar-refractivity contribution in [2.75, 3.05) is 46.9 Å². The number of rotatable bonds is 9. The summed E-state index contributed by atoms with van der Waals surface area (Å²) in [6.07, 6.45) is 0.720. The zero-order valence-electron chi connectivity index (χ0n) is 18.1. The number of piperazine rings is 1. The summed E-state index contributed by atoms with van der Waals surface area (Å²) < 4.78 is 30.1. The number of likely N-dealkylation sites (N-methyl/N-ethyl adjacent to an activating group) is 1. The van der Waals surface area contributed by atoms with Crippen LogP contribution < -0.4 is 0 Å². The lowest BCUT2D eigenvalue weighted by Gasteiger charge is -2.38. The van der Waals surface area contributed by atoms with Gasteiger partial charge >= 0.3 is 5.97 Å². The van der Waals surface area contributed by atoms with Crippen LogP contribution in [0.4, 0.5) is 0 Å². The highest BCUT2D eigenvalue weighted by Gasteiger charge is 2.24. The molecule has 0 saturated carbocycles. The molecule has 0 radical (unpaired) electrons. The third-order valence-corrected chi connectivity index (χ3v) is 6.60. The Bertz CT molecular complexity index is 902. The zero-order chi connectivity index (χ0) is 22.2. The van der Waals surface area contributed by atoms with Gasteiger partial charge in [-0.3, -0.25) is 4.90 Å². The molecule has 1 fully saturated rings. The van der Waals surface area contributed by atoms with Crippen molar-refractivity contribution in [3.8, 4) is 0 Å². The second-order valence-electron chi connectivity index (χ2n) is 7.87. The number of methoxy groups -OCH3 is 1. The Labute approximate surface area is 186 Å². The van der Waals surface area contributed by atoms with Crippen LogP contribution in [0.3, 0.4) is 0 Å². The largest absolute Gasteiger partial charge is 0.465 e. The van der Waals surface area contributed by atoms with E-state index in [0.717, 1.165) is 38.2 Å². The summed E-state index contributed by atoms with van der Waals surface area (Å²) in [6.45, 7) is 4.67. The number of hydrogen-bond donors (Lipinski definition) is 1.